The van der Waals surface area contributed by atoms with Crippen LogP contribution in [0.4, 0.5) is 4.39 Å². The fourth-order valence-corrected chi connectivity index (χ4v) is 2.78. The smallest absolute Gasteiger partial charge is 0.272 e. The molecule has 128 valence electrons. The maximum Gasteiger partial charge on any atom is 0.272 e. The van der Waals surface area contributed by atoms with Crippen molar-refractivity contribution in [2.24, 2.45) is 0 Å². The molecular weight excluding hydrogens is 341 g/mol. The molecule has 1 aromatic heterocycles. The third kappa shape index (κ3) is 3.72. The summed E-state index contributed by atoms with van der Waals surface area (Å²) in [6, 6.07) is 13.4. The minimum Gasteiger partial charge on any atom is -0.333 e. The number of hydrogen-bond acceptors (Lipinski definition) is 2. The summed E-state index contributed by atoms with van der Waals surface area (Å²) in [5, 5.41) is 0.626. The maximum absolute atomic E-state index is 13.1. The highest BCUT2D eigenvalue weighted by atomic mass is 35.5. The second kappa shape index (κ2) is 7.49. The van der Waals surface area contributed by atoms with E-state index in [1.807, 2.05) is 25.1 Å². The van der Waals surface area contributed by atoms with E-state index in [9.17, 15) is 9.18 Å². The number of aromatic nitrogens is 2. The Bertz CT molecular complexity index is 876. The molecule has 3 rings (SSSR count). The Labute approximate surface area is 150 Å². The summed E-state index contributed by atoms with van der Waals surface area (Å²) in [5.41, 5.74) is 1.98. The summed E-state index contributed by atoms with van der Waals surface area (Å²) in [7, 11) is 0. The minimum absolute atomic E-state index is 0.163. The number of nitrogens with zero attached hydrogens (tertiary/aromatic N) is 3. The molecule has 1 heterocycles. The number of rotatable bonds is 5. The molecular formula is C19H17ClFN3O. The number of carbonyl (C=O) groups excluding carboxylic acids is 1. The van der Waals surface area contributed by atoms with Gasteiger partial charge in [0.15, 0.2) is 0 Å². The number of imidazole rings is 1. The SMILES string of the molecule is CCN(Cc1ccccc1Cl)C(=O)c1cncn1-c1ccc(F)cc1. The van der Waals surface area contributed by atoms with Crippen LogP contribution in [0.25, 0.3) is 5.69 Å². The highest BCUT2D eigenvalue weighted by Gasteiger charge is 2.20. The van der Waals surface area contributed by atoms with Crippen LogP contribution in [0.3, 0.4) is 0 Å². The molecule has 0 fully saturated rings. The Kier molecular flexibility index (Phi) is 5.14. The zero-order valence-corrected chi connectivity index (χ0v) is 14.4. The Morgan fingerprint density at radius 2 is 1.92 bits per heavy atom. The Hall–Kier alpha value is -2.66. The highest BCUT2D eigenvalue weighted by molar-refractivity contribution is 6.31. The zero-order chi connectivity index (χ0) is 17.8. The summed E-state index contributed by atoms with van der Waals surface area (Å²) >= 11 is 6.21. The van der Waals surface area contributed by atoms with Gasteiger partial charge in [0.1, 0.15) is 11.5 Å². The lowest BCUT2D eigenvalue weighted by Gasteiger charge is -2.22. The lowest BCUT2D eigenvalue weighted by molar-refractivity contribution is 0.0744. The van der Waals surface area contributed by atoms with Crippen molar-refractivity contribution in [3.8, 4) is 5.69 Å². The molecule has 0 saturated heterocycles. The van der Waals surface area contributed by atoms with Crippen molar-refractivity contribution in [2.75, 3.05) is 6.54 Å². The van der Waals surface area contributed by atoms with Gasteiger partial charge in [0.25, 0.3) is 5.91 Å². The van der Waals surface area contributed by atoms with E-state index in [0.29, 0.717) is 29.5 Å². The molecule has 6 heteroatoms. The minimum atomic E-state index is -0.328. The summed E-state index contributed by atoms with van der Waals surface area (Å²) < 4.78 is 14.8. The molecule has 1 amide bonds. The maximum atomic E-state index is 13.1. The van der Waals surface area contributed by atoms with Gasteiger partial charge in [-0.3, -0.25) is 9.36 Å². The number of carbonyl (C=O) groups is 1. The third-order valence-corrected chi connectivity index (χ3v) is 4.32. The molecule has 0 spiro atoms. The normalized spacial score (nSPS) is 10.7. The van der Waals surface area contributed by atoms with Gasteiger partial charge in [0, 0.05) is 23.8 Å². The van der Waals surface area contributed by atoms with Gasteiger partial charge in [-0.2, -0.15) is 0 Å². The Balaban J connectivity index is 1.88. The van der Waals surface area contributed by atoms with Crippen LogP contribution in [0.2, 0.25) is 5.02 Å². The number of halogens is 2. The van der Waals surface area contributed by atoms with E-state index in [1.54, 1.807) is 34.0 Å². The molecule has 0 N–H and O–H groups in total. The molecule has 3 aromatic rings. The molecule has 25 heavy (non-hydrogen) atoms. The zero-order valence-electron chi connectivity index (χ0n) is 13.7. The van der Waals surface area contributed by atoms with Gasteiger partial charge in [-0.1, -0.05) is 29.8 Å². The monoisotopic (exact) mass is 357 g/mol. The molecule has 4 nitrogen and oxygen atoms in total. The average molecular weight is 358 g/mol. The van der Waals surface area contributed by atoms with E-state index >= 15 is 0 Å². The van der Waals surface area contributed by atoms with Crippen molar-refractivity contribution < 1.29 is 9.18 Å². The predicted octanol–water partition coefficient (Wildman–Crippen LogP) is 4.33. The van der Waals surface area contributed by atoms with Gasteiger partial charge in [0.05, 0.1) is 12.5 Å². The topological polar surface area (TPSA) is 38.1 Å². The van der Waals surface area contributed by atoms with Gasteiger partial charge in [-0.05, 0) is 42.8 Å². The van der Waals surface area contributed by atoms with Gasteiger partial charge in [-0.25, -0.2) is 9.37 Å². The predicted molar refractivity (Wildman–Crippen MR) is 95.4 cm³/mol. The Morgan fingerprint density at radius 3 is 2.60 bits per heavy atom. The second-order valence-electron chi connectivity index (χ2n) is 5.54. The van der Waals surface area contributed by atoms with E-state index < -0.39 is 0 Å². The third-order valence-electron chi connectivity index (χ3n) is 3.95. The van der Waals surface area contributed by atoms with Crippen LogP contribution in [0.1, 0.15) is 23.0 Å². The lowest BCUT2D eigenvalue weighted by atomic mass is 10.2. The quantitative estimate of drug-likeness (QED) is 0.681. The first-order valence-corrected chi connectivity index (χ1v) is 8.29. The van der Waals surface area contributed by atoms with Crippen LogP contribution in [0, 0.1) is 5.82 Å². The molecule has 0 aliphatic rings. The summed E-state index contributed by atoms with van der Waals surface area (Å²) in [6.45, 7) is 2.84. The van der Waals surface area contributed by atoms with Gasteiger partial charge in [0.2, 0.25) is 0 Å². The number of benzene rings is 2. The first-order chi connectivity index (χ1) is 12.1. The van der Waals surface area contributed by atoms with Crippen LogP contribution in [0.5, 0.6) is 0 Å². The highest BCUT2D eigenvalue weighted by Crippen LogP contribution is 2.19. The molecule has 0 aliphatic heterocycles. The molecule has 2 aromatic carbocycles. The van der Waals surface area contributed by atoms with Gasteiger partial charge < -0.3 is 4.90 Å². The van der Waals surface area contributed by atoms with E-state index in [4.69, 9.17) is 11.6 Å². The largest absolute Gasteiger partial charge is 0.333 e. The fraction of sp³-hybridized carbons (Fsp3) is 0.158. The van der Waals surface area contributed by atoms with Gasteiger partial charge in [-0.15, -0.1) is 0 Å². The van der Waals surface area contributed by atoms with Gasteiger partial charge >= 0.3 is 0 Å². The molecule has 0 bridgehead atoms. The lowest BCUT2D eigenvalue weighted by Crippen LogP contribution is -2.31. The fourth-order valence-electron chi connectivity index (χ4n) is 2.58. The van der Waals surface area contributed by atoms with Crippen LogP contribution < -0.4 is 0 Å². The number of amides is 1. The van der Waals surface area contributed by atoms with E-state index in [-0.39, 0.29) is 11.7 Å². The Morgan fingerprint density at radius 1 is 1.20 bits per heavy atom. The molecule has 0 radical (unpaired) electrons. The molecule has 0 unspecified atom stereocenters. The van der Waals surface area contributed by atoms with Crippen molar-refractivity contribution in [3.05, 3.63) is 83.2 Å². The average Bonchev–Trinajstić information content (AvgIpc) is 3.11. The van der Waals surface area contributed by atoms with Crippen LogP contribution in [0.15, 0.2) is 61.1 Å². The van der Waals surface area contributed by atoms with E-state index in [1.165, 1.54) is 18.3 Å². The van der Waals surface area contributed by atoms with Crippen LogP contribution in [-0.4, -0.2) is 26.9 Å². The first kappa shape index (κ1) is 17.2. The molecule has 0 atom stereocenters. The van der Waals surface area contributed by atoms with Crippen molar-refractivity contribution in [1.29, 1.82) is 0 Å². The standard InChI is InChI=1S/C19H17ClFN3O/c1-2-23(12-14-5-3-4-6-17(14)20)19(25)18-11-22-13-24(18)16-9-7-15(21)8-10-16/h3-11,13H,2,12H2,1H3. The molecule has 0 aliphatic carbocycles. The van der Waals surface area contributed by atoms with E-state index in [0.717, 1.165) is 5.56 Å². The summed E-state index contributed by atoms with van der Waals surface area (Å²) in [4.78, 5) is 18.7. The van der Waals surface area contributed by atoms with Crippen molar-refractivity contribution in [3.63, 3.8) is 0 Å². The van der Waals surface area contributed by atoms with Crippen LogP contribution in [-0.2, 0) is 6.54 Å². The number of hydrogen-bond donors (Lipinski definition) is 0. The summed E-state index contributed by atoms with van der Waals surface area (Å²) in [5.74, 6) is -0.491. The van der Waals surface area contributed by atoms with Crippen molar-refractivity contribution in [1.82, 2.24) is 14.5 Å². The molecule has 0 saturated carbocycles. The first-order valence-electron chi connectivity index (χ1n) is 7.91. The summed E-state index contributed by atoms with van der Waals surface area (Å²) in [6.07, 6.45) is 3.06. The van der Waals surface area contributed by atoms with Crippen molar-refractivity contribution in [2.45, 2.75) is 13.5 Å². The van der Waals surface area contributed by atoms with Crippen LogP contribution >= 0.6 is 11.6 Å². The second-order valence-corrected chi connectivity index (χ2v) is 5.94. The van der Waals surface area contributed by atoms with E-state index in [2.05, 4.69) is 4.98 Å². The van der Waals surface area contributed by atoms with Crippen molar-refractivity contribution >= 4 is 17.5 Å².